The van der Waals surface area contributed by atoms with Crippen molar-refractivity contribution in [2.24, 2.45) is 0 Å². The Kier molecular flexibility index (Phi) is 3.79. The number of aryl methyl sites for hydroxylation is 1. The summed E-state index contributed by atoms with van der Waals surface area (Å²) in [6.45, 7) is 2.28. The van der Waals surface area contributed by atoms with Crippen LogP contribution in [0.3, 0.4) is 0 Å². The first-order valence-electron chi connectivity index (χ1n) is 4.35. The molecule has 0 bridgehead atoms. The van der Waals surface area contributed by atoms with Gasteiger partial charge in [-0.25, -0.2) is 4.98 Å². The number of carbonyl (C=O) groups is 2. The van der Waals surface area contributed by atoms with Crippen LogP contribution in [0.5, 0.6) is 0 Å². The molecule has 15 heavy (non-hydrogen) atoms. The Morgan fingerprint density at radius 2 is 2.27 bits per heavy atom. The van der Waals surface area contributed by atoms with Gasteiger partial charge in [0.05, 0.1) is 17.7 Å². The lowest BCUT2D eigenvalue weighted by Crippen LogP contribution is -2.27. The summed E-state index contributed by atoms with van der Waals surface area (Å²) in [6, 6.07) is 0. The molecule has 1 aromatic rings. The molecule has 1 aromatic heterocycles. The molecule has 0 aliphatic rings. The first kappa shape index (κ1) is 11.6. The summed E-state index contributed by atoms with van der Waals surface area (Å²) in [6.07, 6.45) is -0.464. The number of hydrogen-bond donors (Lipinski definition) is 1. The van der Waals surface area contributed by atoms with E-state index in [1.807, 2.05) is 6.92 Å². The standard InChI is InChI=1S/C9H12N2O3S/c1-6-7(15-5-10-6)4-11(2)8(12)3-9(13)14/h5H,3-4H2,1-2H3,(H,13,14). The zero-order chi connectivity index (χ0) is 11.4. The number of carbonyl (C=O) groups excluding carboxylic acids is 1. The third kappa shape index (κ3) is 3.32. The summed E-state index contributed by atoms with van der Waals surface area (Å²) < 4.78 is 0. The van der Waals surface area contributed by atoms with Gasteiger partial charge < -0.3 is 10.0 Å². The summed E-state index contributed by atoms with van der Waals surface area (Å²) in [4.78, 5) is 28.1. The molecule has 5 nitrogen and oxygen atoms in total. The normalized spacial score (nSPS) is 10.0. The van der Waals surface area contributed by atoms with Crippen LogP contribution in [0.2, 0.25) is 0 Å². The molecule has 0 unspecified atom stereocenters. The van der Waals surface area contributed by atoms with Gasteiger partial charge in [0, 0.05) is 11.9 Å². The van der Waals surface area contributed by atoms with E-state index in [-0.39, 0.29) is 0 Å². The molecule has 82 valence electrons. The first-order chi connectivity index (χ1) is 7.00. The topological polar surface area (TPSA) is 70.5 Å². The van der Waals surface area contributed by atoms with Crippen molar-refractivity contribution in [2.45, 2.75) is 19.9 Å². The highest BCUT2D eigenvalue weighted by Gasteiger charge is 2.14. The molecule has 6 heteroatoms. The van der Waals surface area contributed by atoms with E-state index >= 15 is 0 Å². The Balaban J connectivity index is 2.56. The zero-order valence-electron chi connectivity index (χ0n) is 8.56. The molecular weight excluding hydrogens is 216 g/mol. The summed E-state index contributed by atoms with van der Waals surface area (Å²) >= 11 is 1.46. The van der Waals surface area contributed by atoms with Crippen molar-refractivity contribution in [3.05, 3.63) is 16.1 Å². The Morgan fingerprint density at radius 1 is 1.60 bits per heavy atom. The van der Waals surface area contributed by atoms with Crippen molar-refractivity contribution >= 4 is 23.2 Å². The van der Waals surface area contributed by atoms with E-state index in [1.165, 1.54) is 16.2 Å². The van der Waals surface area contributed by atoms with Crippen LogP contribution in [0.25, 0.3) is 0 Å². The maximum Gasteiger partial charge on any atom is 0.312 e. The second kappa shape index (κ2) is 4.88. The van der Waals surface area contributed by atoms with E-state index < -0.39 is 18.3 Å². The number of aliphatic carboxylic acids is 1. The van der Waals surface area contributed by atoms with Gasteiger partial charge in [-0.1, -0.05) is 0 Å². The number of carboxylic acids is 1. The number of hydrogen-bond acceptors (Lipinski definition) is 4. The minimum Gasteiger partial charge on any atom is -0.481 e. The molecule has 0 aliphatic carbocycles. The molecule has 1 amide bonds. The number of rotatable bonds is 4. The fraction of sp³-hybridized carbons (Fsp3) is 0.444. The number of aromatic nitrogens is 1. The van der Waals surface area contributed by atoms with Gasteiger partial charge in [-0.2, -0.15) is 0 Å². The molecule has 0 fully saturated rings. The van der Waals surface area contributed by atoms with Gasteiger partial charge in [-0.3, -0.25) is 9.59 Å². The van der Waals surface area contributed by atoms with E-state index in [0.717, 1.165) is 10.6 Å². The first-order valence-corrected chi connectivity index (χ1v) is 5.23. The summed E-state index contributed by atoms with van der Waals surface area (Å²) in [5.74, 6) is -1.50. The molecule has 0 saturated heterocycles. The van der Waals surface area contributed by atoms with Crippen molar-refractivity contribution in [3.63, 3.8) is 0 Å². The fourth-order valence-corrected chi connectivity index (χ4v) is 1.88. The summed E-state index contributed by atoms with van der Waals surface area (Å²) in [7, 11) is 1.59. The quantitative estimate of drug-likeness (QED) is 0.777. The third-order valence-corrected chi connectivity index (χ3v) is 2.87. The minimum absolute atomic E-state index is 0.393. The van der Waals surface area contributed by atoms with Crippen molar-refractivity contribution in [3.8, 4) is 0 Å². The number of amides is 1. The fourth-order valence-electron chi connectivity index (χ4n) is 1.05. The van der Waals surface area contributed by atoms with Gasteiger partial charge in [-0.05, 0) is 6.92 Å². The summed E-state index contributed by atoms with van der Waals surface area (Å²) in [5, 5.41) is 8.46. The number of carboxylic acid groups (broad SMARTS) is 1. The van der Waals surface area contributed by atoms with Crippen LogP contribution in [0, 0.1) is 6.92 Å². The Bertz CT molecular complexity index is 375. The van der Waals surface area contributed by atoms with Gasteiger partial charge in [0.1, 0.15) is 6.42 Å². The maximum atomic E-state index is 11.3. The molecule has 0 spiro atoms. The average molecular weight is 228 g/mol. The van der Waals surface area contributed by atoms with Crippen LogP contribution in [0.4, 0.5) is 0 Å². The van der Waals surface area contributed by atoms with Crippen LogP contribution in [-0.4, -0.2) is 33.9 Å². The van der Waals surface area contributed by atoms with E-state index in [1.54, 1.807) is 12.6 Å². The van der Waals surface area contributed by atoms with Gasteiger partial charge in [-0.15, -0.1) is 11.3 Å². The lowest BCUT2D eigenvalue weighted by Gasteiger charge is -2.15. The minimum atomic E-state index is -1.10. The van der Waals surface area contributed by atoms with Gasteiger partial charge in [0.15, 0.2) is 0 Å². The van der Waals surface area contributed by atoms with E-state index in [4.69, 9.17) is 5.11 Å². The monoisotopic (exact) mass is 228 g/mol. The highest BCUT2D eigenvalue weighted by Crippen LogP contribution is 2.14. The van der Waals surface area contributed by atoms with Crippen LogP contribution in [-0.2, 0) is 16.1 Å². The van der Waals surface area contributed by atoms with Crippen molar-refractivity contribution in [2.75, 3.05) is 7.05 Å². The molecule has 0 atom stereocenters. The maximum absolute atomic E-state index is 11.3. The number of nitrogens with zero attached hydrogens (tertiary/aromatic N) is 2. The highest BCUT2D eigenvalue weighted by atomic mass is 32.1. The predicted octanol–water partition coefficient (Wildman–Crippen LogP) is 0.885. The highest BCUT2D eigenvalue weighted by molar-refractivity contribution is 7.09. The van der Waals surface area contributed by atoms with E-state index in [0.29, 0.717) is 6.54 Å². The smallest absolute Gasteiger partial charge is 0.312 e. The van der Waals surface area contributed by atoms with Crippen LogP contribution < -0.4 is 0 Å². The van der Waals surface area contributed by atoms with Crippen LogP contribution in [0.15, 0.2) is 5.51 Å². The lowest BCUT2D eigenvalue weighted by molar-refractivity contribution is -0.143. The summed E-state index contributed by atoms with van der Waals surface area (Å²) in [5.41, 5.74) is 2.59. The lowest BCUT2D eigenvalue weighted by atomic mass is 10.3. The zero-order valence-corrected chi connectivity index (χ0v) is 9.37. The van der Waals surface area contributed by atoms with Gasteiger partial charge in [0.25, 0.3) is 0 Å². The second-order valence-corrected chi connectivity index (χ2v) is 4.12. The molecule has 0 saturated carbocycles. The average Bonchev–Trinajstić information content (AvgIpc) is 2.50. The SMILES string of the molecule is Cc1ncsc1CN(C)C(=O)CC(=O)O. The Morgan fingerprint density at radius 3 is 2.73 bits per heavy atom. The molecule has 0 radical (unpaired) electrons. The van der Waals surface area contributed by atoms with E-state index in [2.05, 4.69) is 4.98 Å². The molecule has 1 rings (SSSR count). The van der Waals surface area contributed by atoms with Crippen molar-refractivity contribution in [1.82, 2.24) is 9.88 Å². The van der Waals surface area contributed by atoms with E-state index in [9.17, 15) is 9.59 Å². The van der Waals surface area contributed by atoms with Gasteiger partial charge in [0.2, 0.25) is 5.91 Å². The predicted molar refractivity (Wildman–Crippen MR) is 55.6 cm³/mol. The van der Waals surface area contributed by atoms with Crippen LogP contribution in [0.1, 0.15) is 17.0 Å². The molecule has 1 N–H and O–H groups in total. The molecule has 0 aliphatic heterocycles. The Labute approximate surface area is 91.4 Å². The van der Waals surface area contributed by atoms with Crippen molar-refractivity contribution in [1.29, 1.82) is 0 Å². The van der Waals surface area contributed by atoms with Gasteiger partial charge >= 0.3 is 5.97 Å². The largest absolute Gasteiger partial charge is 0.481 e. The second-order valence-electron chi connectivity index (χ2n) is 3.18. The van der Waals surface area contributed by atoms with Crippen molar-refractivity contribution < 1.29 is 14.7 Å². The molecule has 1 heterocycles. The molecule has 0 aromatic carbocycles. The molecular formula is C9H12N2O3S. The third-order valence-electron chi connectivity index (χ3n) is 1.95. The van der Waals surface area contributed by atoms with Crippen LogP contribution >= 0.6 is 11.3 Å². The Hall–Kier alpha value is -1.43. The number of thiazole rings is 1.